The van der Waals surface area contributed by atoms with E-state index in [1.807, 2.05) is 0 Å². The summed E-state index contributed by atoms with van der Waals surface area (Å²) in [6.07, 6.45) is -3.28. The molecule has 0 saturated carbocycles. The van der Waals surface area contributed by atoms with Crippen LogP contribution in [0.1, 0.15) is 5.56 Å². The number of nitrogen functional groups attached to an aromatic ring is 1. The van der Waals surface area contributed by atoms with Crippen molar-refractivity contribution in [2.45, 2.75) is 6.18 Å². The van der Waals surface area contributed by atoms with Crippen molar-refractivity contribution < 1.29 is 17.9 Å². The molecule has 158 valence electrons. The van der Waals surface area contributed by atoms with Crippen molar-refractivity contribution in [3.8, 4) is 23.0 Å². The van der Waals surface area contributed by atoms with Crippen LogP contribution in [-0.2, 0) is 6.18 Å². The number of anilines is 3. The lowest BCUT2D eigenvalue weighted by Crippen LogP contribution is -2.06. The molecule has 0 aliphatic carbocycles. The number of hydrogen-bond donors (Lipinski definition) is 3. The van der Waals surface area contributed by atoms with Gasteiger partial charge in [-0.2, -0.15) is 18.2 Å². The Bertz CT molecular complexity index is 1210. The highest BCUT2D eigenvalue weighted by molar-refractivity contribution is 6.31. The lowest BCUT2D eigenvalue weighted by atomic mass is 10.2. The Morgan fingerprint density at radius 3 is 2.52 bits per heavy atom. The van der Waals surface area contributed by atoms with Crippen LogP contribution >= 0.6 is 11.6 Å². The summed E-state index contributed by atoms with van der Waals surface area (Å²) in [6.45, 7) is 0. The van der Waals surface area contributed by atoms with Gasteiger partial charge in [-0.1, -0.05) is 11.6 Å². The number of ether oxygens (including phenoxy) is 1. The Balaban J connectivity index is 1.48. The predicted molar refractivity (Wildman–Crippen MR) is 108 cm³/mol. The lowest BCUT2D eigenvalue weighted by Gasteiger charge is -2.10. The number of aromatic nitrogens is 5. The number of rotatable bonds is 5. The number of halogens is 4. The SMILES string of the molecule is Nc1cc(Oc2ccc(-c3nc(Nc4ccc(Cl)c(C(F)(F)F)c4)n[nH]3)cc2)ncn1. The summed E-state index contributed by atoms with van der Waals surface area (Å²) in [5.74, 6) is 1.60. The van der Waals surface area contributed by atoms with Gasteiger partial charge in [0.05, 0.1) is 10.6 Å². The molecule has 0 aliphatic heterocycles. The summed E-state index contributed by atoms with van der Waals surface area (Å²) in [5.41, 5.74) is 5.47. The predicted octanol–water partition coefficient (Wildman–Crippen LogP) is 5.05. The number of nitrogens with one attached hydrogen (secondary N) is 2. The monoisotopic (exact) mass is 447 g/mol. The minimum atomic E-state index is -4.57. The van der Waals surface area contributed by atoms with Crippen molar-refractivity contribution in [1.82, 2.24) is 25.1 Å². The molecule has 0 atom stereocenters. The average molecular weight is 448 g/mol. The summed E-state index contributed by atoms with van der Waals surface area (Å²) in [5, 5.41) is 9.04. The van der Waals surface area contributed by atoms with Crippen LogP contribution in [0.2, 0.25) is 5.02 Å². The zero-order valence-electron chi connectivity index (χ0n) is 15.5. The van der Waals surface area contributed by atoms with E-state index < -0.39 is 11.7 Å². The van der Waals surface area contributed by atoms with Crippen molar-refractivity contribution in [1.29, 1.82) is 0 Å². The first-order valence-electron chi connectivity index (χ1n) is 8.70. The Hall–Kier alpha value is -3.86. The molecule has 0 fully saturated rings. The van der Waals surface area contributed by atoms with Crippen LogP contribution in [0.15, 0.2) is 54.9 Å². The fourth-order valence-electron chi connectivity index (χ4n) is 2.61. The summed E-state index contributed by atoms with van der Waals surface area (Å²) in [4.78, 5) is 12.0. The highest BCUT2D eigenvalue weighted by Gasteiger charge is 2.33. The second-order valence-corrected chi connectivity index (χ2v) is 6.64. The highest BCUT2D eigenvalue weighted by Crippen LogP contribution is 2.36. The Labute approximate surface area is 178 Å². The van der Waals surface area contributed by atoms with Crippen LogP contribution in [-0.4, -0.2) is 25.1 Å². The minimum Gasteiger partial charge on any atom is -0.439 e. The number of benzene rings is 2. The molecule has 4 N–H and O–H groups in total. The molecule has 4 aromatic rings. The van der Waals surface area contributed by atoms with E-state index in [4.69, 9.17) is 22.1 Å². The molecule has 8 nitrogen and oxygen atoms in total. The summed E-state index contributed by atoms with van der Waals surface area (Å²) in [7, 11) is 0. The first-order valence-corrected chi connectivity index (χ1v) is 9.08. The summed E-state index contributed by atoms with van der Waals surface area (Å²) >= 11 is 5.63. The van der Waals surface area contributed by atoms with Gasteiger partial charge in [0, 0.05) is 17.3 Å². The first-order chi connectivity index (χ1) is 14.8. The maximum atomic E-state index is 13.0. The summed E-state index contributed by atoms with van der Waals surface area (Å²) < 4.78 is 44.6. The highest BCUT2D eigenvalue weighted by atomic mass is 35.5. The number of nitrogens with zero attached hydrogens (tertiary/aromatic N) is 4. The summed E-state index contributed by atoms with van der Waals surface area (Å²) in [6, 6.07) is 11.8. The molecule has 0 amide bonds. The minimum absolute atomic E-state index is 0.0993. The van der Waals surface area contributed by atoms with Crippen LogP contribution in [0.25, 0.3) is 11.4 Å². The van der Waals surface area contributed by atoms with Crippen molar-refractivity contribution >= 4 is 29.1 Å². The van der Waals surface area contributed by atoms with Crippen LogP contribution in [0, 0.1) is 0 Å². The third kappa shape index (κ3) is 4.83. The Morgan fingerprint density at radius 2 is 1.81 bits per heavy atom. The average Bonchev–Trinajstić information content (AvgIpc) is 3.18. The lowest BCUT2D eigenvalue weighted by molar-refractivity contribution is -0.137. The van der Waals surface area contributed by atoms with Gasteiger partial charge in [-0.15, -0.1) is 5.10 Å². The molecular formula is C19H13ClF3N7O. The van der Waals surface area contributed by atoms with Crippen molar-refractivity contribution in [3.05, 3.63) is 65.4 Å². The number of hydrogen-bond acceptors (Lipinski definition) is 7. The van der Waals surface area contributed by atoms with Crippen LogP contribution < -0.4 is 15.8 Å². The smallest absolute Gasteiger partial charge is 0.417 e. The molecule has 2 heterocycles. The number of aromatic amines is 1. The van der Waals surface area contributed by atoms with Crippen molar-refractivity contribution in [2.75, 3.05) is 11.1 Å². The molecule has 2 aromatic heterocycles. The normalized spacial score (nSPS) is 11.4. The van der Waals surface area contributed by atoms with E-state index in [9.17, 15) is 13.2 Å². The molecule has 12 heteroatoms. The third-order valence-corrected chi connectivity index (χ3v) is 4.36. The van der Waals surface area contributed by atoms with Gasteiger partial charge in [0.25, 0.3) is 0 Å². The van der Waals surface area contributed by atoms with Crippen molar-refractivity contribution in [2.24, 2.45) is 0 Å². The van der Waals surface area contributed by atoms with Crippen LogP contribution in [0.4, 0.5) is 30.6 Å². The van der Waals surface area contributed by atoms with Gasteiger partial charge in [0.2, 0.25) is 11.8 Å². The van der Waals surface area contributed by atoms with E-state index in [-0.39, 0.29) is 22.5 Å². The second kappa shape index (κ2) is 8.11. The number of nitrogens with two attached hydrogens (primary N) is 1. The van der Waals surface area contributed by atoms with Gasteiger partial charge in [-0.05, 0) is 42.5 Å². The van der Waals surface area contributed by atoms with E-state index in [0.29, 0.717) is 23.0 Å². The van der Waals surface area contributed by atoms with Crippen LogP contribution in [0.5, 0.6) is 11.6 Å². The second-order valence-electron chi connectivity index (χ2n) is 6.23. The topological polar surface area (TPSA) is 115 Å². The van der Waals surface area contributed by atoms with Gasteiger partial charge in [-0.25, -0.2) is 9.97 Å². The molecule has 4 rings (SSSR count). The van der Waals surface area contributed by atoms with E-state index in [1.54, 1.807) is 24.3 Å². The first kappa shape index (κ1) is 20.4. The maximum absolute atomic E-state index is 13.0. The number of alkyl halides is 3. The molecule has 0 radical (unpaired) electrons. The fraction of sp³-hybridized carbons (Fsp3) is 0.0526. The standard InChI is InChI=1S/C19H13ClF3N7O/c20-14-6-3-11(7-13(14)19(21,22)23)27-18-28-17(29-30-18)10-1-4-12(5-2-10)31-16-8-15(24)25-9-26-16/h1-9H,(H2,24,25,26)(H2,27,28,29,30). The van der Waals surface area contributed by atoms with Crippen LogP contribution in [0.3, 0.4) is 0 Å². The zero-order valence-corrected chi connectivity index (χ0v) is 16.2. The largest absolute Gasteiger partial charge is 0.439 e. The van der Waals surface area contributed by atoms with Crippen molar-refractivity contribution in [3.63, 3.8) is 0 Å². The van der Waals surface area contributed by atoms with Gasteiger partial charge < -0.3 is 15.8 Å². The van der Waals surface area contributed by atoms with Gasteiger partial charge in [-0.3, -0.25) is 5.10 Å². The van der Waals surface area contributed by atoms with E-state index in [1.165, 1.54) is 18.5 Å². The van der Waals surface area contributed by atoms with Gasteiger partial charge >= 0.3 is 6.18 Å². The van der Waals surface area contributed by atoms with Gasteiger partial charge in [0.15, 0.2) is 5.82 Å². The van der Waals surface area contributed by atoms with E-state index >= 15 is 0 Å². The maximum Gasteiger partial charge on any atom is 0.417 e. The Kier molecular flexibility index (Phi) is 5.34. The molecular weight excluding hydrogens is 435 g/mol. The molecule has 31 heavy (non-hydrogen) atoms. The molecule has 0 aliphatic rings. The van der Waals surface area contributed by atoms with E-state index in [0.717, 1.165) is 12.1 Å². The fourth-order valence-corrected chi connectivity index (χ4v) is 2.83. The Morgan fingerprint density at radius 1 is 1.03 bits per heavy atom. The molecule has 0 bridgehead atoms. The van der Waals surface area contributed by atoms with Gasteiger partial charge in [0.1, 0.15) is 17.9 Å². The third-order valence-electron chi connectivity index (χ3n) is 4.03. The quantitative estimate of drug-likeness (QED) is 0.392. The molecule has 2 aromatic carbocycles. The van der Waals surface area contributed by atoms with E-state index in [2.05, 4.69) is 30.5 Å². The molecule has 0 saturated heterocycles. The number of H-pyrrole nitrogens is 1. The molecule has 0 unspecified atom stereocenters. The molecule has 0 spiro atoms. The zero-order chi connectivity index (χ0) is 22.0.